The topological polar surface area (TPSA) is 106 Å². The van der Waals surface area contributed by atoms with E-state index >= 15 is 0 Å². The first-order chi connectivity index (χ1) is 47.5. The number of nitrogens with zero attached hydrogens (tertiary/aromatic N) is 9. The van der Waals surface area contributed by atoms with Crippen LogP contribution in [0.1, 0.15) is 33.4 Å². The molecule has 12 aromatic carbocycles. The third-order valence-corrected chi connectivity index (χ3v) is 21.4. The second-order valence-corrected chi connectivity index (χ2v) is 26.2. The van der Waals surface area contributed by atoms with E-state index < -0.39 is 5.41 Å². The van der Waals surface area contributed by atoms with Crippen molar-refractivity contribution in [3.05, 3.63) is 319 Å². The fourth-order valence-corrected chi connectivity index (χ4v) is 17.5. The number of pyridine rings is 2. The summed E-state index contributed by atoms with van der Waals surface area (Å²) in [5.74, 6) is 1.38. The summed E-state index contributed by atoms with van der Waals surface area (Å²) >= 11 is 1.70. The number of hydrogen-bond acceptors (Lipinski definition) is 7. The zero-order valence-corrected chi connectivity index (χ0v) is 51.8. The predicted molar refractivity (Wildman–Crippen MR) is 385 cm³/mol. The summed E-state index contributed by atoms with van der Waals surface area (Å²) in [4.78, 5) is 15.7. The maximum absolute atomic E-state index is 10.2. The standard InChI is InChI=1S/C85H47N9OS/c86-46-50-29-36-75-63(39-50)61-19-5-11-25-73(61)90(75)53-31-34-65-79(44-53)95-80-45-54(91-74-26-12-6-20-62(74)64-41-52(33-38-76(64)91)92-77-27-13-14-28-81(77)96-82-40-51(47-87)30-37-78(82)92)32-35-66(80)85(65)67-42-55(93-69-21-7-1-15-57(69)58-16-2-8-22-70(58)93)48-88-83(67)84-68(85)43-56(49-89-84)94-71-23-9-3-17-59(71)60-18-4-10-24-72(60)94/h1-45,48-49H. The van der Waals surface area contributed by atoms with Gasteiger partial charge in [0.2, 0.25) is 0 Å². The van der Waals surface area contributed by atoms with E-state index in [1.807, 2.05) is 36.7 Å². The molecule has 0 amide bonds. The van der Waals surface area contributed by atoms with Crippen LogP contribution in [0, 0.1) is 22.7 Å². The highest BCUT2D eigenvalue weighted by Gasteiger charge is 2.53. The van der Waals surface area contributed by atoms with Gasteiger partial charge in [-0.3, -0.25) is 9.97 Å². The van der Waals surface area contributed by atoms with Crippen molar-refractivity contribution in [1.82, 2.24) is 28.2 Å². The van der Waals surface area contributed by atoms with Crippen LogP contribution in [-0.4, -0.2) is 28.2 Å². The summed E-state index contributed by atoms with van der Waals surface area (Å²) < 4.78 is 17.1. The molecule has 0 fully saturated rings. The fraction of sp³-hybridized carbons (Fsp3) is 0.0118. The zero-order chi connectivity index (χ0) is 63.1. The highest BCUT2D eigenvalue weighted by Crippen LogP contribution is 2.63. The molecule has 8 heterocycles. The van der Waals surface area contributed by atoms with Crippen molar-refractivity contribution in [3.63, 3.8) is 0 Å². The van der Waals surface area contributed by atoms with Crippen molar-refractivity contribution in [2.24, 2.45) is 0 Å². The molecule has 11 heteroatoms. The number of nitriles is 2. The van der Waals surface area contributed by atoms with Gasteiger partial charge in [-0.25, -0.2) is 0 Å². The highest BCUT2D eigenvalue weighted by molar-refractivity contribution is 7.99. The first-order valence-electron chi connectivity index (χ1n) is 32.0. The summed E-state index contributed by atoms with van der Waals surface area (Å²) in [5.41, 5.74) is 20.9. The van der Waals surface area contributed by atoms with Gasteiger partial charge in [-0.05, 0) is 127 Å². The van der Waals surface area contributed by atoms with Crippen LogP contribution in [0.15, 0.2) is 295 Å². The lowest BCUT2D eigenvalue weighted by atomic mass is 9.66. The molecule has 1 aliphatic carbocycles. The van der Waals surface area contributed by atoms with Gasteiger partial charge in [0.15, 0.2) is 0 Å². The lowest BCUT2D eigenvalue weighted by molar-refractivity contribution is 0.436. The molecule has 1 spiro atoms. The lowest BCUT2D eigenvalue weighted by Crippen LogP contribution is -2.32. The van der Waals surface area contributed by atoms with E-state index in [0.717, 1.165) is 170 Å². The molecule has 21 rings (SSSR count). The van der Waals surface area contributed by atoms with Crippen molar-refractivity contribution in [3.8, 4) is 57.8 Å². The second kappa shape index (κ2) is 19.6. The van der Waals surface area contributed by atoms with Gasteiger partial charge in [-0.1, -0.05) is 145 Å². The van der Waals surface area contributed by atoms with Crippen LogP contribution in [0.5, 0.6) is 11.5 Å². The zero-order valence-electron chi connectivity index (χ0n) is 51.0. The van der Waals surface area contributed by atoms with E-state index in [0.29, 0.717) is 22.6 Å². The monoisotopic (exact) mass is 1240 g/mol. The summed E-state index contributed by atoms with van der Waals surface area (Å²) in [6.07, 6.45) is 4.05. The minimum atomic E-state index is -1.07. The number of anilines is 3. The number of rotatable bonds is 5. The van der Waals surface area contributed by atoms with Crippen molar-refractivity contribution in [1.29, 1.82) is 10.5 Å². The molecule has 444 valence electrons. The van der Waals surface area contributed by atoms with Crippen LogP contribution in [-0.2, 0) is 5.41 Å². The lowest BCUT2D eigenvalue weighted by Gasteiger charge is -2.39. The maximum Gasteiger partial charge on any atom is 0.134 e. The second-order valence-electron chi connectivity index (χ2n) is 25.1. The summed E-state index contributed by atoms with van der Waals surface area (Å²) in [6, 6.07) is 102. The Bertz CT molecular complexity index is 6340. The molecule has 0 radical (unpaired) electrons. The molecule has 0 atom stereocenters. The van der Waals surface area contributed by atoms with E-state index in [1.54, 1.807) is 11.8 Å². The Labute approximate surface area is 552 Å². The molecule has 3 aliphatic rings. The third kappa shape index (κ3) is 7.07. The molecule has 0 saturated carbocycles. The Hall–Kier alpha value is -12.9. The minimum Gasteiger partial charge on any atom is -0.457 e. The largest absolute Gasteiger partial charge is 0.457 e. The smallest absolute Gasteiger partial charge is 0.134 e. The number of benzene rings is 12. The Morgan fingerprint density at radius 2 is 0.698 bits per heavy atom. The fourth-order valence-electron chi connectivity index (χ4n) is 16.4. The van der Waals surface area contributed by atoms with Gasteiger partial charge in [-0.2, -0.15) is 10.5 Å². The summed E-state index contributed by atoms with van der Waals surface area (Å²) in [5, 5.41) is 29.1. The summed E-state index contributed by atoms with van der Waals surface area (Å²) in [6.45, 7) is 0. The van der Waals surface area contributed by atoms with Crippen molar-refractivity contribution >= 4 is 116 Å². The number of para-hydroxylation sites is 7. The minimum absolute atomic E-state index is 0.604. The molecule has 2 aliphatic heterocycles. The van der Waals surface area contributed by atoms with E-state index in [4.69, 9.17) is 14.7 Å². The van der Waals surface area contributed by atoms with Crippen LogP contribution in [0.2, 0.25) is 0 Å². The average molecular weight is 1240 g/mol. The van der Waals surface area contributed by atoms with E-state index in [1.165, 1.54) is 0 Å². The van der Waals surface area contributed by atoms with E-state index in [9.17, 15) is 10.5 Å². The Morgan fingerprint density at radius 1 is 0.312 bits per heavy atom. The molecule has 18 aromatic rings. The van der Waals surface area contributed by atoms with Gasteiger partial charge < -0.3 is 27.9 Å². The van der Waals surface area contributed by atoms with Crippen LogP contribution in [0.4, 0.5) is 17.1 Å². The van der Waals surface area contributed by atoms with Gasteiger partial charge in [0.25, 0.3) is 0 Å². The van der Waals surface area contributed by atoms with Gasteiger partial charge >= 0.3 is 0 Å². The normalized spacial score (nSPS) is 13.3. The SMILES string of the molecule is N#Cc1ccc2c(c1)Sc1ccccc1N2c1ccc2c(c1)c1ccccc1n2-c1ccc2c(c1)Oc1cc(-n3c4ccccc4c4cc(C#N)ccc43)ccc1C21c2cc(-n3c4ccccc4c4ccccc43)cnc2-c2ncc(-n3c4ccccc4c4ccccc43)cc21. The molecule has 6 aromatic heterocycles. The van der Waals surface area contributed by atoms with Gasteiger partial charge in [0, 0.05) is 104 Å². The molecule has 0 bridgehead atoms. The number of ether oxygens (including phenoxy) is 1. The maximum atomic E-state index is 10.2. The molecule has 96 heavy (non-hydrogen) atoms. The summed E-state index contributed by atoms with van der Waals surface area (Å²) in [7, 11) is 0. The highest BCUT2D eigenvalue weighted by atomic mass is 32.2. The molecule has 10 nitrogen and oxygen atoms in total. The first kappa shape index (κ1) is 52.7. The van der Waals surface area contributed by atoms with Crippen LogP contribution in [0.3, 0.4) is 0 Å². The van der Waals surface area contributed by atoms with Crippen molar-refractivity contribution in [2.75, 3.05) is 4.90 Å². The number of hydrogen-bond donors (Lipinski definition) is 0. The molecule has 0 saturated heterocycles. The van der Waals surface area contributed by atoms with E-state index in [2.05, 4.69) is 284 Å². The molecule has 0 N–H and O–H groups in total. The number of aromatic nitrogens is 6. The van der Waals surface area contributed by atoms with Gasteiger partial charge in [0.1, 0.15) is 11.5 Å². The van der Waals surface area contributed by atoms with Gasteiger partial charge in [-0.15, -0.1) is 0 Å². The third-order valence-electron chi connectivity index (χ3n) is 20.3. The molecule has 0 unspecified atom stereocenters. The Morgan fingerprint density at radius 3 is 1.20 bits per heavy atom. The first-order valence-corrected chi connectivity index (χ1v) is 32.9. The molecular weight excluding hydrogens is 1200 g/mol. The quantitative estimate of drug-likeness (QED) is 0.169. The van der Waals surface area contributed by atoms with Crippen LogP contribution < -0.4 is 9.64 Å². The number of fused-ring (bicyclic) bond motifs is 23. The Kier molecular flexibility index (Phi) is 10.7. The van der Waals surface area contributed by atoms with Crippen molar-refractivity contribution in [2.45, 2.75) is 15.2 Å². The van der Waals surface area contributed by atoms with Gasteiger partial charge in [0.05, 0.1) is 119 Å². The Balaban J connectivity index is 0.841. The average Bonchev–Trinajstić information content (AvgIpc) is 1.46. The van der Waals surface area contributed by atoms with Crippen LogP contribution >= 0.6 is 11.8 Å². The predicted octanol–water partition coefficient (Wildman–Crippen LogP) is 21.0. The van der Waals surface area contributed by atoms with E-state index in [-0.39, 0.29) is 0 Å². The van der Waals surface area contributed by atoms with Crippen LogP contribution in [0.25, 0.3) is 121 Å². The van der Waals surface area contributed by atoms with Crippen molar-refractivity contribution < 1.29 is 4.74 Å². The molecular formula is C85H47N9OS.